The number of hydrogen-bond acceptors (Lipinski definition) is 4. The van der Waals surface area contributed by atoms with Crippen LogP contribution in [0.2, 0.25) is 0 Å². The lowest BCUT2D eigenvalue weighted by atomic mass is 10.3. The van der Waals surface area contributed by atoms with E-state index in [0.29, 0.717) is 12.3 Å². The molecular weight excluding hydrogens is 272 g/mol. The van der Waals surface area contributed by atoms with Crippen LogP contribution in [0.15, 0.2) is 45.7 Å². The summed E-state index contributed by atoms with van der Waals surface area (Å²) >= 11 is 1.50. The summed E-state index contributed by atoms with van der Waals surface area (Å²) in [5, 5.41) is 0. The first-order valence-corrected chi connectivity index (χ1v) is 7.31. The van der Waals surface area contributed by atoms with Gasteiger partial charge in [-0.25, -0.2) is 0 Å². The van der Waals surface area contributed by atoms with Gasteiger partial charge in [0.1, 0.15) is 11.5 Å². The first-order valence-electron chi connectivity index (χ1n) is 6.32. The summed E-state index contributed by atoms with van der Waals surface area (Å²) in [4.78, 5) is 14.7. The van der Waals surface area contributed by atoms with Crippen LogP contribution >= 0.6 is 11.8 Å². The van der Waals surface area contributed by atoms with Crippen molar-refractivity contribution in [3.8, 4) is 0 Å². The third kappa shape index (κ3) is 4.06. The van der Waals surface area contributed by atoms with Crippen LogP contribution in [0.5, 0.6) is 0 Å². The number of nitrogens with zero attached hydrogens (tertiary/aromatic N) is 1. The molecule has 0 aliphatic carbocycles. The van der Waals surface area contributed by atoms with Gasteiger partial charge in [-0.1, -0.05) is 0 Å². The maximum absolute atomic E-state index is 12.0. The SMILES string of the molecule is Cc1ccc(CN(C)C(=O)CSc2ccc(N)cc2)o1. The van der Waals surface area contributed by atoms with Gasteiger partial charge >= 0.3 is 0 Å². The Morgan fingerprint density at radius 3 is 2.55 bits per heavy atom. The van der Waals surface area contributed by atoms with E-state index >= 15 is 0 Å². The Morgan fingerprint density at radius 1 is 1.25 bits per heavy atom. The molecule has 0 atom stereocenters. The molecule has 0 bridgehead atoms. The van der Waals surface area contributed by atoms with Gasteiger partial charge in [0.2, 0.25) is 5.91 Å². The molecule has 0 aliphatic rings. The Bertz CT molecular complexity index is 578. The maximum atomic E-state index is 12.0. The smallest absolute Gasteiger partial charge is 0.233 e. The molecular formula is C15H18N2O2S. The Hall–Kier alpha value is -1.88. The second kappa shape index (κ2) is 6.52. The van der Waals surface area contributed by atoms with Crippen molar-refractivity contribution in [1.29, 1.82) is 0 Å². The third-order valence-corrected chi connectivity index (χ3v) is 3.85. The van der Waals surface area contributed by atoms with Gasteiger partial charge in [0.05, 0.1) is 12.3 Å². The topological polar surface area (TPSA) is 59.5 Å². The number of benzene rings is 1. The van der Waals surface area contributed by atoms with E-state index < -0.39 is 0 Å². The van der Waals surface area contributed by atoms with Gasteiger partial charge in [0, 0.05) is 17.6 Å². The second-order valence-corrected chi connectivity index (χ2v) is 5.67. The summed E-state index contributed by atoms with van der Waals surface area (Å²) in [5.74, 6) is 2.13. The van der Waals surface area contributed by atoms with E-state index in [1.165, 1.54) is 11.8 Å². The van der Waals surface area contributed by atoms with E-state index in [0.717, 1.165) is 22.1 Å². The number of carbonyl (C=O) groups excluding carboxylic acids is 1. The molecule has 2 N–H and O–H groups in total. The zero-order valence-electron chi connectivity index (χ0n) is 11.6. The van der Waals surface area contributed by atoms with Crippen LogP contribution < -0.4 is 5.73 Å². The highest BCUT2D eigenvalue weighted by Crippen LogP contribution is 2.19. The lowest BCUT2D eigenvalue weighted by molar-refractivity contribution is -0.127. The predicted octanol–water partition coefficient (Wildman–Crippen LogP) is 2.92. The number of carbonyl (C=O) groups is 1. The first kappa shape index (κ1) is 14.5. The largest absolute Gasteiger partial charge is 0.464 e. The highest BCUT2D eigenvalue weighted by atomic mass is 32.2. The van der Waals surface area contributed by atoms with E-state index in [2.05, 4.69) is 0 Å². The molecule has 2 aromatic rings. The van der Waals surface area contributed by atoms with Crippen LogP contribution in [-0.4, -0.2) is 23.6 Å². The number of aryl methyl sites for hydroxylation is 1. The van der Waals surface area contributed by atoms with Crippen LogP contribution in [0.3, 0.4) is 0 Å². The summed E-state index contributed by atoms with van der Waals surface area (Å²) in [5.41, 5.74) is 6.35. The molecule has 20 heavy (non-hydrogen) atoms. The van der Waals surface area contributed by atoms with Gasteiger partial charge in [0.15, 0.2) is 0 Å². The summed E-state index contributed by atoms with van der Waals surface area (Å²) < 4.78 is 5.47. The molecule has 0 unspecified atom stereocenters. The molecule has 0 saturated carbocycles. The Labute approximate surface area is 122 Å². The number of amides is 1. The molecule has 1 amide bonds. The van der Waals surface area contributed by atoms with Crippen molar-refractivity contribution >= 4 is 23.4 Å². The standard InChI is InChI=1S/C15H18N2O2S/c1-11-3-6-13(19-11)9-17(2)15(18)10-20-14-7-4-12(16)5-8-14/h3-8H,9-10,16H2,1-2H3. The Morgan fingerprint density at radius 2 is 1.95 bits per heavy atom. The van der Waals surface area contributed by atoms with Crippen molar-refractivity contribution in [3.63, 3.8) is 0 Å². The minimum Gasteiger partial charge on any atom is -0.464 e. The zero-order valence-corrected chi connectivity index (χ0v) is 12.4. The van der Waals surface area contributed by atoms with Gasteiger partial charge in [0.25, 0.3) is 0 Å². The summed E-state index contributed by atoms with van der Waals surface area (Å²) in [6.45, 7) is 2.39. The normalized spacial score (nSPS) is 10.5. The molecule has 0 saturated heterocycles. The molecule has 5 heteroatoms. The van der Waals surface area contributed by atoms with Crippen molar-refractivity contribution in [2.24, 2.45) is 0 Å². The zero-order chi connectivity index (χ0) is 14.5. The van der Waals surface area contributed by atoms with Gasteiger partial charge in [-0.05, 0) is 43.3 Å². The number of rotatable bonds is 5. The van der Waals surface area contributed by atoms with Crippen LogP contribution in [0, 0.1) is 6.92 Å². The van der Waals surface area contributed by atoms with Crippen LogP contribution in [0.4, 0.5) is 5.69 Å². The van der Waals surface area contributed by atoms with E-state index in [-0.39, 0.29) is 5.91 Å². The molecule has 1 aromatic carbocycles. The minimum absolute atomic E-state index is 0.0703. The van der Waals surface area contributed by atoms with Crippen LogP contribution in [0.1, 0.15) is 11.5 Å². The average Bonchev–Trinajstić information content (AvgIpc) is 2.83. The molecule has 1 aromatic heterocycles. The molecule has 4 nitrogen and oxygen atoms in total. The fourth-order valence-corrected chi connectivity index (χ4v) is 2.55. The van der Waals surface area contributed by atoms with E-state index in [1.54, 1.807) is 11.9 Å². The van der Waals surface area contributed by atoms with E-state index in [1.807, 2.05) is 43.3 Å². The number of hydrogen-bond donors (Lipinski definition) is 1. The van der Waals surface area contributed by atoms with E-state index in [9.17, 15) is 4.79 Å². The molecule has 106 valence electrons. The van der Waals surface area contributed by atoms with Crippen LogP contribution in [0.25, 0.3) is 0 Å². The molecule has 1 heterocycles. The molecule has 0 aliphatic heterocycles. The van der Waals surface area contributed by atoms with Crippen molar-refractivity contribution in [1.82, 2.24) is 4.90 Å². The second-order valence-electron chi connectivity index (χ2n) is 4.62. The average molecular weight is 290 g/mol. The molecule has 2 rings (SSSR count). The molecule has 0 spiro atoms. The van der Waals surface area contributed by atoms with E-state index in [4.69, 9.17) is 10.2 Å². The Balaban J connectivity index is 1.83. The van der Waals surface area contributed by atoms with Gasteiger partial charge in [-0.3, -0.25) is 4.79 Å². The monoisotopic (exact) mass is 290 g/mol. The lowest BCUT2D eigenvalue weighted by Crippen LogP contribution is -2.27. The molecule has 0 radical (unpaired) electrons. The lowest BCUT2D eigenvalue weighted by Gasteiger charge is -2.15. The van der Waals surface area contributed by atoms with Gasteiger partial charge in [-0.2, -0.15) is 0 Å². The number of nitrogens with two attached hydrogens (primary N) is 1. The highest BCUT2D eigenvalue weighted by Gasteiger charge is 2.11. The fourth-order valence-electron chi connectivity index (χ4n) is 1.71. The van der Waals surface area contributed by atoms with Crippen molar-refractivity contribution < 1.29 is 9.21 Å². The predicted molar refractivity (Wildman–Crippen MR) is 81.5 cm³/mol. The number of anilines is 1. The number of furan rings is 1. The fraction of sp³-hybridized carbons (Fsp3) is 0.267. The van der Waals surface area contributed by atoms with Crippen LogP contribution in [-0.2, 0) is 11.3 Å². The number of thioether (sulfide) groups is 1. The highest BCUT2D eigenvalue weighted by molar-refractivity contribution is 8.00. The first-order chi connectivity index (χ1) is 9.54. The van der Waals surface area contributed by atoms with Gasteiger partial charge in [-0.15, -0.1) is 11.8 Å². The van der Waals surface area contributed by atoms with Crippen molar-refractivity contribution in [2.45, 2.75) is 18.4 Å². The van der Waals surface area contributed by atoms with Gasteiger partial charge < -0.3 is 15.1 Å². The van der Waals surface area contributed by atoms with Crippen molar-refractivity contribution in [3.05, 3.63) is 47.9 Å². The quantitative estimate of drug-likeness (QED) is 0.679. The minimum atomic E-state index is 0.0703. The maximum Gasteiger partial charge on any atom is 0.233 e. The summed E-state index contributed by atoms with van der Waals surface area (Å²) in [6.07, 6.45) is 0. The Kier molecular flexibility index (Phi) is 4.74. The molecule has 0 fully saturated rings. The third-order valence-electron chi connectivity index (χ3n) is 2.86. The van der Waals surface area contributed by atoms with Crippen molar-refractivity contribution in [2.75, 3.05) is 18.5 Å². The summed E-state index contributed by atoms with van der Waals surface area (Å²) in [7, 11) is 1.78. The number of nitrogen functional groups attached to an aromatic ring is 1. The summed E-state index contributed by atoms with van der Waals surface area (Å²) in [6, 6.07) is 11.3.